The van der Waals surface area contributed by atoms with Gasteiger partial charge in [0.15, 0.2) is 0 Å². The van der Waals surface area contributed by atoms with Crippen LogP contribution in [-0.4, -0.2) is 31.2 Å². The summed E-state index contributed by atoms with van der Waals surface area (Å²) in [5.74, 6) is 0. The molecule has 1 atom stereocenters. The molecule has 0 bridgehead atoms. The maximum Gasteiger partial charge on any atom is 0.0555 e. The molecule has 3 heteroatoms. The zero-order valence-electron chi connectivity index (χ0n) is 9.53. The maximum atomic E-state index is 4.25. The zero-order valence-corrected chi connectivity index (χ0v) is 9.53. The van der Waals surface area contributed by atoms with E-state index in [1.165, 1.54) is 24.1 Å². The van der Waals surface area contributed by atoms with E-state index >= 15 is 0 Å². The first-order chi connectivity index (χ1) is 7.29. The molecule has 2 rings (SSSR count). The Morgan fingerprint density at radius 3 is 3.07 bits per heavy atom. The van der Waals surface area contributed by atoms with Gasteiger partial charge < -0.3 is 10.2 Å². The highest BCUT2D eigenvalue weighted by molar-refractivity contribution is 5.46. The number of pyridine rings is 1. The van der Waals surface area contributed by atoms with Gasteiger partial charge in [0, 0.05) is 25.3 Å². The maximum absolute atomic E-state index is 4.25. The number of likely N-dealkylation sites (N-methyl/N-ethyl adjacent to an activating group) is 1. The fourth-order valence-corrected chi connectivity index (χ4v) is 2.16. The van der Waals surface area contributed by atoms with Crippen LogP contribution in [0.1, 0.15) is 18.4 Å². The lowest BCUT2D eigenvalue weighted by atomic mass is 10.1. The Morgan fingerprint density at radius 2 is 2.33 bits per heavy atom. The minimum absolute atomic E-state index is 0.624. The Morgan fingerprint density at radius 1 is 1.47 bits per heavy atom. The van der Waals surface area contributed by atoms with Crippen LogP contribution >= 0.6 is 0 Å². The van der Waals surface area contributed by atoms with Gasteiger partial charge in [0.2, 0.25) is 0 Å². The lowest BCUT2D eigenvalue weighted by Crippen LogP contribution is -2.44. The van der Waals surface area contributed by atoms with E-state index in [1.54, 1.807) is 0 Å². The lowest BCUT2D eigenvalue weighted by molar-refractivity contribution is 0.449. The summed E-state index contributed by atoms with van der Waals surface area (Å²) in [6.07, 6.45) is 6.42. The molecule has 0 aliphatic carbocycles. The normalized spacial score (nSPS) is 21.7. The molecule has 3 nitrogen and oxygen atoms in total. The van der Waals surface area contributed by atoms with Gasteiger partial charge in [0.1, 0.15) is 0 Å². The van der Waals surface area contributed by atoms with E-state index in [9.17, 15) is 0 Å². The van der Waals surface area contributed by atoms with E-state index in [0.717, 1.165) is 13.1 Å². The fraction of sp³-hybridized carbons (Fsp3) is 0.583. The molecule has 0 radical (unpaired) electrons. The summed E-state index contributed by atoms with van der Waals surface area (Å²) in [5, 5.41) is 3.36. The zero-order chi connectivity index (χ0) is 10.7. The summed E-state index contributed by atoms with van der Waals surface area (Å²) in [4.78, 5) is 6.67. The molecule has 1 unspecified atom stereocenters. The van der Waals surface area contributed by atoms with Gasteiger partial charge in [-0.3, -0.25) is 4.98 Å². The first-order valence-corrected chi connectivity index (χ1v) is 5.63. The third-order valence-corrected chi connectivity index (χ3v) is 3.06. The van der Waals surface area contributed by atoms with Gasteiger partial charge in [-0.2, -0.15) is 0 Å². The first kappa shape index (κ1) is 10.4. The summed E-state index contributed by atoms with van der Waals surface area (Å²) in [6, 6.07) is 2.84. The van der Waals surface area contributed by atoms with Gasteiger partial charge >= 0.3 is 0 Å². The molecule has 0 aromatic carbocycles. The average Bonchev–Trinajstić information content (AvgIpc) is 2.29. The van der Waals surface area contributed by atoms with Gasteiger partial charge in [-0.25, -0.2) is 0 Å². The van der Waals surface area contributed by atoms with E-state index in [-0.39, 0.29) is 0 Å². The first-order valence-electron chi connectivity index (χ1n) is 5.63. The van der Waals surface area contributed by atoms with Crippen molar-refractivity contribution in [1.29, 1.82) is 0 Å². The number of hydrogen-bond donors (Lipinski definition) is 1. The number of nitrogens with one attached hydrogen (secondary N) is 1. The van der Waals surface area contributed by atoms with E-state index in [4.69, 9.17) is 0 Å². The van der Waals surface area contributed by atoms with Crippen molar-refractivity contribution in [3.63, 3.8) is 0 Å². The Bertz CT molecular complexity index is 324. The van der Waals surface area contributed by atoms with Gasteiger partial charge in [0.05, 0.1) is 11.9 Å². The third kappa shape index (κ3) is 2.48. The second-order valence-corrected chi connectivity index (χ2v) is 4.29. The standard InChI is InChI=1S/C12H19N3/c1-10-6-12(8-14-7-10)15-5-3-4-11(9-15)13-2/h6-8,11,13H,3-5,9H2,1-2H3. The summed E-state index contributed by atoms with van der Waals surface area (Å²) < 4.78 is 0. The fourth-order valence-electron chi connectivity index (χ4n) is 2.16. The molecule has 0 spiro atoms. The molecule has 1 saturated heterocycles. The average molecular weight is 205 g/mol. The van der Waals surface area contributed by atoms with Crippen molar-refractivity contribution >= 4 is 5.69 Å². The third-order valence-electron chi connectivity index (χ3n) is 3.06. The van der Waals surface area contributed by atoms with Crippen LogP contribution in [-0.2, 0) is 0 Å². The highest BCUT2D eigenvalue weighted by Gasteiger charge is 2.18. The van der Waals surface area contributed by atoms with Crippen molar-refractivity contribution < 1.29 is 0 Å². The Hall–Kier alpha value is -1.09. The van der Waals surface area contributed by atoms with Crippen LogP contribution in [0.5, 0.6) is 0 Å². The van der Waals surface area contributed by atoms with Crippen LogP contribution in [0, 0.1) is 6.92 Å². The SMILES string of the molecule is CNC1CCCN(c2cncc(C)c2)C1. The summed E-state index contributed by atoms with van der Waals surface area (Å²) >= 11 is 0. The van der Waals surface area contributed by atoms with Crippen LogP contribution in [0.2, 0.25) is 0 Å². The molecule has 1 N–H and O–H groups in total. The van der Waals surface area contributed by atoms with Crippen LogP contribution in [0.3, 0.4) is 0 Å². The molecule has 1 aliphatic rings. The number of anilines is 1. The number of aryl methyl sites for hydroxylation is 1. The predicted molar refractivity (Wildman–Crippen MR) is 63.3 cm³/mol. The van der Waals surface area contributed by atoms with Crippen LogP contribution in [0.4, 0.5) is 5.69 Å². The predicted octanol–water partition coefficient (Wildman–Crippen LogP) is 1.58. The lowest BCUT2D eigenvalue weighted by Gasteiger charge is -2.34. The molecular formula is C12H19N3. The number of nitrogens with zero attached hydrogens (tertiary/aromatic N) is 2. The highest BCUT2D eigenvalue weighted by atomic mass is 15.2. The molecular weight excluding hydrogens is 186 g/mol. The van der Waals surface area contributed by atoms with Gasteiger partial charge in [-0.1, -0.05) is 0 Å². The van der Waals surface area contributed by atoms with Crippen LogP contribution in [0.15, 0.2) is 18.5 Å². The monoisotopic (exact) mass is 205 g/mol. The van der Waals surface area contributed by atoms with Gasteiger partial charge in [-0.05, 0) is 38.4 Å². The molecule has 15 heavy (non-hydrogen) atoms. The second kappa shape index (κ2) is 4.62. The second-order valence-electron chi connectivity index (χ2n) is 4.29. The number of hydrogen-bond acceptors (Lipinski definition) is 3. The molecule has 1 aromatic heterocycles. The highest BCUT2D eigenvalue weighted by Crippen LogP contribution is 2.19. The molecule has 82 valence electrons. The topological polar surface area (TPSA) is 28.2 Å². The number of piperidine rings is 1. The molecule has 1 aromatic rings. The minimum atomic E-state index is 0.624. The minimum Gasteiger partial charge on any atom is -0.369 e. The number of rotatable bonds is 2. The van der Waals surface area contributed by atoms with Gasteiger partial charge in [0.25, 0.3) is 0 Å². The van der Waals surface area contributed by atoms with Crippen molar-refractivity contribution in [3.05, 3.63) is 24.0 Å². The molecule has 2 heterocycles. The van der Waals surface area contributed by atoms with Crippen molar-refractivity contribution in [2.45, 2.75) is 25.8 Å². The quantitative estimate of drug-likeness (QED) is 0.794. The molecule has 0 saturated carbocycles. The largest absolute Gasteiger partial charge is 0.369 e. The Labute approximate surface area is 91.5 Å². The summed E-state index contributed by atoms with van der Waals surface area (Å²) in [6.45, 7) is 4.35. The molecule has 0 amide bonds. The van der Waals surface area contributed by atoms with E-state index in [2.05, 4.69) is 28.2 Å². The Balaban J connectivity index is 2.09. The van der Waals surface area contributed by atoms with E-state index in [1.807, 2.05) is 19.4 Å². The summed E-state index contributed by atoms with van der Waals surface area (Å²) in [5.41, 5.74) is 2.49. The van der Waals surface area contributed by atoms with Crippen molar-refractivity contribution in [2.75, 3.05) is 25.0 Å². The smallest absolute Gasteiger partial charge is 0.0555 e. The van der Waals surface area contributed by atoms with E-state index < -0.39 is 0 Å². The molecule has 1 aliphatic heterocycles. The van der Waals surface area contributed by atoms with Crippen LogP contribution in [0.25, 0.3) is 0 Å². The van der Waals surface area contributed by atoms with Gasteiger partial charge in [-0.15, -0.1) is 0 Å². The summed E-state index contributed by atoms with van der Waals surface area (Å²) in [7, 11) is 2.04. The molecule has 1 fully saturated rings. The van der Waals surface area contributed by atoms with Crippen molar-refractivity contribution in [2.24, 2.45) is 0 Å². The number of aromatic nitrogens is 1. The van der Waals surface area contributed by atoms with Crippen LogP contribution < -0.4 is 10.2 Å². The van der Waals surface area contributed by atoms with Crippen molar-refractivity contribution in [1.82, 2.24) is 10.3 Å². The van der Waals surface area contributed by atoms with Crippen molar-refractivity contribution in [3.8, 4) is 0 Å². The Kier molecular flexibility index (Phi) is 3.21. The van der Waals surface area contributed by atoms with E-state index in [0.29, 0.717) is 6.04 Å².